The van der Waals surface area contributed by atoms with Gasteiger partial charge in [-0.3, -0.25) is 4.79 Å². The molecule has 1 aromatic heterocycles. The predicted octanol–water partition coefficient (Wildman–Crippen LogP) is 2.96. The number of carbonyl (C=O) groups is 1. The maximum Gasteiger partial charge on any atom is 0.196 e. The van der Waals surface area contributed by atoms with Gasteiger partial charge in [-0.2, -0.15) is 0 Å². The van der Waals surface area contributed by atoms with E-state index in [1.54, 1.807) is 0 Å². The van der Waals surface area contributed by atoms with Crippen LogP contribution in [0.5, 0.6) is 0 Å². The van der Waals surface area contributed by atoms with Crippen molar-refractivity contribution < 1.29 is 4.79 Å². The first-order valence-corrected chi connectivity index (χ1v) is 5.50. The Labute approximate surface area is 101 Å². The van der Waals surface area contributed by atoms with Crippen LogP contribution in [0.1, 0.15) is 28.8 Å². The second-order valence-corrected chi connectivity index (χ2v) is 4.14. The maximum absolute atomic E-state index is 11.3. The number of aromatic nitrogens is 2. The first-order chi connectivity index (χ1) is 8.06. The molecule has 0 radical (unpaired) electrons. The largest absolute Gasteiger partial charge is 0.291 e. The highest BCUT2D eigenvalue weighted by Gasteiger charge is 2.08. The van der Waals surface area contributed by atoms with Crippen LogP contribution in [0.3, 0.4) is 0 Å². The average molecular weight is 226 g/mol. The predicted molar refractivity (Wildman–Crippen MR) is 66.9 cm³/mol. The number of hydrogen-bond donors (Lipinski definition) is 0. The van der Waals surface area contributed by atoms with Crippen LogP contribution in [0.25, 0.3) is 11.3 Å². The van der Waals surface area contributed by atoms with Crippen LogP contribution < -0.4 is 0 Å². The molecule has 0 aliphatic rings. The number of ketones is 1. The van der Waals surface area contributed by atoms with E-state index >= 15 is 0 Å². The lowest BCUT2D eigenvalue weighted by Gasteiger charge is -2.05. The van der Waals surface area contributed by atoms with Gasteiger partial charge in [-0.1, -0.05) is 23.8 Å². The number of carbonyl (C=O) groups excluding carboxylic acids is 1. The van der Waals surface area contributed by atoms with E-state index in [-0.39, 0.29) is 11.6 Å². The van der Waals surface area contributed by atoms with Crippen molar-refractivity contribution in [3.8, 4) is 11.3 Å². The van der Waals surface area contributed by atoms with Crippen LogP contribution in [0.2, 0.25) is 0 Å². The van der Waals surface area contributed by atoms with Crippen molar-refractivity contribution in [2.24, 2.45) is 0 Å². The van der Waals surface area contributed by atoms with E-state index in [0.29, 0.717) is 0 Å². The third-order valence-electron chi connectivity index (χ3n) is 2.48. The van der Waals surface area contributed by atoms with Gasteiger partial charge in [0.1, 0.15) is 0 Å². The highest BCUT2D eigenvalue weighted by Crippen LogP contribution is 2.19. The molecule has 0 saturated carbocycles. The van der Waals surface area contributed by atoms with Crippen molar-refractivity contribution in [2.45, 2.75) is 20.8 Å². The molecule has 0 saturated heterocycles. The van der Waals surface area contributed by atoms with Gasteiger partial charge in [-0.05, 0) is 26.0 Å². The van der Waals surface area contributed by atoms with Gasteiger partial charge in [0.2, 0.25) is 0 Å². The van der Waals surface area contributed by atoms with Crippen molar-refractivity contribution in [2.75, 3.05) is 0 Å². The molecule has 0 spiro atoms. The Morgan fingerprint density at radius 2 is 1.88 bits per heavy atom. The molecule has 3 nitrogen and oxygen atoms in total. The summed E-state index contributed by atoms with van der Waals surface area (Å²) in [6.07, 6.45) is 0. The normalized spacial score (nSPS) is 10.3. The van der Waals surface area contributed by atoms with E-state index in [4.69, 9.17) is 0 Å². The minimum Gasteiger partial charge on any atom is -0.291 e. The Hall–Kier alpha value is -2.03. The van der Waals surface area contributed by atoms with Crippen LogP contribution in [0.4, 0.5) is 0 Å². The van der Waals surface area contributed by atoms with Crippen molar-refractivity contribution in [3.63, 3.8) is 0 Å². The van der Waals surface area contributed by atoms with Gasteiger partial charge in [0.25, 0.3) is 0 Å². The molecule has 0 N–H and O–H groups in total. The van der Waals surface area contributed by atoms with Crippen molar-refractivity contribution in [1.82, 2.24) is 9.97 Å². The number of aryl methyl sites for hydroxylation is 2. The molecule has 86 valence electrons. The van der Waals surface area contributed by atoms with E-state index in [0.717, 1.165) is 17.0 Å². The van der Waals surface area contributed by atoms with Crippen LogP contribution in [0.15, 0.2) is 30.3 Å². The molecule has 0 atom stereocenters. The topological polar surface area (TPSA) is 42.9 Å². The zero-order valence-corrected chi connectivity index (χ0v) is 10.2. The number of nitrogens with zero attached hydrogens (tertiary/aromatic N) is 2. The SMILES string of the molecule is CC(=O)c1nc(C)cc(-c2cccc(C)c2)n1. The van der Waals surface area contributed by atoms with Crippen LogP contribution in [-0.4, -0.2) is 15.8 Å². The lowest BCUT2D eigenvalue weighted by molar-refractivity contribution is 0.100. The Kier molecular flexibility index (Phi) is 3.00. The number of benzene rings is 1. The Balaban J connectivity index is 2.56. The highest BCUT2D eigenvalue weighted by atomic mass is 16.1. The second kappa shape index (κ2) is 4.45. The Morgan fingerprint density at radius 1 is 1.12 bits per heavy atom. The molecule has 0 bridgehead atoms. The van der Waals surface area contributed by atoms with Crippen molar-refractivity contribution >= 4 is 5.78 Å². The number of hydrogen-bond acceptors (Lipinski definition) is 3. The quantitative estimate of drug-likeness (QED) is 0.739. The fourth-order valence-electron chi connectivity index (χ4n) is 1.68. The van der Waals surface area contributed by atoms with E-state index in [1.807, 2.05) is 44.2 Å². The Bertz CT molecular complexity index is 576. The molecule has 1 aromatic carbocycles. The first-order valence-electron chi connectivity index (χ1n) is 5.50. The highest BCUT2D eigenvalue weighted by molar-refractivity contribution is 5.90. The summed E-state index contributed by atoms with van der Waals surface area (Å²) in [7, 11) is 0. The minimum absolute atomic E-state index is 0.109. The van der Waals surface area contributed by atoms with Crippen molar-refractivity contribution in [3.05, 3.63) is 47.4 Å². The molecule has 2 rings (SSSR count). The van der Waals surface area contributed by atoms with Crippen LogP contribution >= 0.6 is 0 Å². The molecule has 0 aliphatic carbocycles. The average Bonchev–Trinajstić information content (AvgIpc) is 2.28. The van der Waals surface area contributed by atoms with E-state index < -0.39 is 0 Å². The summed E-state index contributed by atoms with van der Waals surface area (Å²) < 4.78 is 0. The van der Waals surface area contributed by atoms with Gasteiger partial charge in [-0.25, -0.2) is 9.97 Å². The van der Waals surface area contributed by atoms with E-state index in [9.17, 15) is 4.79 Å². The van der Waals surface area contributed by atoms with Gasteiger partial charge in [-0.15, -0.1) is 0 Å². The smallest absolute Gasteiger partial charge is 0.196 e. The summed E-state index contributed by atoms with van der Waals surface area (Å²) in [5, 5.41) is 0. The fraction of sp³-hybridized carbons (Fsp3) is 0.214. The molecule has 0 amide bonds. The minimum atomic E-state index is -0.109. The lowest BCUT2D eigenvalue weighted by atomic mass is 10.1. The monoisotopic (exact) mass is 226 g/mol. The van der Waals surface area contributed by atoms with Gasteiger partial charge in [0, 0.05) is 18.2 Å². The first kappa shape index (κ1) is 11.5. The number of Topliss-reactive ketones (excluding diaryl/α,β-unsaturated/α-hetero) is 1. The fourth-order valence-corrected chi connectivity index (χ4v) is 1.68. The van der Waals surface area contributed by atoms with Gasteiger partial charge in [0.15, 0.2) is 11.6 Å². The molecule has 0 aliphatic heterocycles. The molecule has 1 heterocycles. The summed E-state index contributed by atoms with van der Waals surface area (Å²) in [5.41, 5.74) is 3.79. The summed E-state index contributed by atoms with van der Waals surface area (Å²) in [6, 6.07) is 9.94. The lowest BCUT2D eigenvalue weighted by Crippen LogP contribution is -2.03. The summed E-state index contributed by atoms with van der Waals surface area (Å²) in [6.45, 7) is 5.38. The van der Waals surface area contributed by atoms with Crippen LogP contribution in [-0.2, 0) is 0 Å². The summed E-state index contributed by atoms with van der Waals surface area (Å²) in [5.74, 6) is 0.170. The van der Waals surface area contributed by atoms with Crippen LogP contribution in [0, 0.1) is 13.8 Å². The molecule has 2 aromatic rings. The van der Waals surface area contributed by atoms with Crippen molar-refractivity contribution in [1.29, 1.82) is 0 Å². The molecule has 0 fully saturated rings. The molecule has 17 heavy (non-hydrogen) atoms. The van der Waals surface area contributed by atoms with E-state index in [1.165, 1.54) is 12.5 Å². The summed E-state index contributed by atoms with van der Waals surface area (Å²) in [4.78, 5) is 19.7. The zero-order chi connectivity index (χ0) is 12.4. The zero-order valence-electron chi connectivity index (χ0n) is 10.2. The molecule has 3 heteroatoms. The standard InChI is InChI=1S/C14H14N2O/c1-9-5-4-6-12(7-9)13-8-10(2)15-14(16-13)11(3)17/h4-8H,1-3H3. The third kappa shape index (κ3) is 2.56. The second-order valence-electron chi connectivity index (χ2n) is 4.14. The molecular weight excluding hydrogens is 212 g/mol. The maximum atomic E-state index is 11.3. The van der Waals surface area contributed by atoms with E-state index in [2.05, 4.69) is 9.97 Å². The molecule has 0 unspecified atom stereocenters. The summed E-state index contributed by atoms with van der Waals surface area (Å²) >= 11 is 0. The molecular formula is C14H14N2O. The third-order valence-corrected chi connectivity index (χ3v) is 2.48. The van der Waals surface area contributed by atoms with Gasteiger partial charge < -0.3 is 0 Å². The number of rotatable bonds is 2. The van der Waals surface area contributed by atoms with Gasteiger partial charge in [0.05, 0.1) is 5.69 Å². The Morgan fingerprint density at radius 3 is 2.53 bits per heavy atom. The van der Waals surface area contributed by atoms with Gasteiger partial charge >= 0.3 is 0 Å².